The van der Waals surface area contributed by atoms with Crippen molar-refractivity contribution in [2.45, 2.75) is 13.3 Å². The lowest BCUT2D eigenvalue weighted by molar-refractivity contribution is 0.369. The second-order valence-corrected chi connectivity index (χ2v) is 5.55. The molecule has 4 nitrogen and oxygen atoms in total. The third kappa shape index (κ3) is 3.25. The molecule has 1 aliphatic rings. The van der Waals surface area contributed by atoms with Gasteiger partial charge in [-0.2, -0.15) is 0 Å². The van der Waals surface area contributed by atoms with E-state index in [1.165, 1.54) is 6.26 Å². The van der Waals surface area contributed by atoms with Gasteiger partial charge < -0.3 is 5.32 Å². The average molecular weight is 206 g/mol. The Hall–Kier alpha value is -0.130. The molecule has 0 aliphatic carbocycles. The summed E-state index contributed by atoms with van der Waals surface area (Å²) in [5.74, 6) is 0.495. The van der Waals surface area contributed by atoms with E-state index in [2.05, 4.69) is 5.32 Å². The summed E-state index contributed by atoms with van der Waals surface area (Å²) in [7, 11) is -3.00. The Labute approximate surface area is 80.4 Å². The molecule has 0 spiro atoms. The Balaban J connectivity index is 2.48. The molecule has 1 saturated heterocycles. The van der Waals surface area contributed by atoms with E-state index in [0.29, 0.717) is 19.0 Å². The van der Waals surface area contributed by atoms with Crippen LogP contribution in [0.2, 0.25) is 0 Å². The molecule has 1 rings (SSSR count). The maximum atomic E-state index is 11.3. The predicted molar refractivity (Wildman–Crippen MR) is 53.1 cm³/mol. The monoisotopic (exact) mass is 206 g/mol. The van der Waals surface area contributed by atoms with E-state index in [9.17, 15) is 8.42 Å². The third-order valence-corrected chi connectivity index (χ3v) is 3.79. The minimum atomic E-state index is -3.00. The first-order valence-corrected chi connectivity index (χ1v) is 6.54. The fraction of sp³-hybridized carbons (Fsp3) is 1.00. The highest BCUT2D eigenvalue weighted by Crippen LogP contribution is 2.11. The molecule has 5 heteroatoms. The van der Waals surface area contributed by atoms with Crippen molar-refractivity contribution in [3.8, 4) is 0 Å². The standard InChI is InChI=1S/C8H18N2O2S/c1-3-10(13(2,11)12)7-8-4-5-9-6-8/h8-9H,3-7H2,1-2H3. The Bertz CT molecular complexity index is 245. The second-order valence-electron chi connectivity index (χ2n) is 3.57. The highest BCUT2D eigenvalue weighted by Gasteiger charge is 2.22. The normalized spacial score (nSPS) is 24.1. The molecule has 0 aromatic rings. The maximum absolute atomic E-state index is 11.3. The van der Waals surface area contributed by atoms with Gasteiger partial charge >= 0.3 is 0 Å². The number of hydrogen-bond acceptors (Lipinski definition) is 3. The number of nitrogens with one attached hydrogen (secondary N) is 1. The quantitative estimate of drug-likeness (QED) is 0.697. The van der Waals surface area contributed by atoms with Crippen LogP contribution in [0.25, 0.3) is 0 Å². The van der Waals surface area contributed by atoms with Gasteiger partial charge in [-0.3, -0.25) is 0 Å². The van der Waals surface area contributed by atoms with Crippen LogP contribution >= 0.6 is 0 Å². The van der Waals surface area contributed by atoms with E-state index in [4.69, 9.17) is 0 Å². The Morgan fingerprint density at radius 2 is 2.23 bits per heavy atom. The zero-order valence-corrected chi connectivity index (χ0v) is 9.10. The average Bonchev–Trinajstić information content (AvgIpc) is 2.49. The first kappa shape index (κ1) is 10.9. The Morgan fingerprint density at radius 1 is 1.54 bits per heavy atom. The van der Waals surface area contributed by atoms with Crippen LogP contribution in [0.3, 0.4) is 0 Å². The number of sulfonamides is 1. The van der Waals surface area contributed by atoms with Gasteiger partial charge in [-0.1, -0.05) is 6.92 Å². The van der Waals surface area contributed by atoms with Gasteiger partial charge in [0.1, 0.15) is 0 Å². The minimum absolute atomic E-state index is 0.495. The first-order chi connectivity index (χ1) is 6.04. The van der Waals surface area contributed by atoms with Crippen molar-refractivity contribution in [3.63, 3.8) is 0 Å². The van der Waals surface area contributed by atoms with Crippen LogP contribution in [-0.2, 0) is 10.0 Å². The molecule has 1 fully saturated rings. The predicted octanol–water partition coefficient (Wildman–Crippen LogP) is -0.123. The van der Waals surface area contributed by atoms with E-state index in [-0.39, 0.29) is 0 Å². The number of nitrogens with zero attached hydrogens (tertiary/aromatic N) is 1. The van der Waals surface area contributed by atoms with Crippen molar-refractivity contribution in [2.24, 2.45) is 5.92 Å². The molecule has 1 unspecified atom stereocenters. The van der Waals surface area contributed by atoms with Crippen molar-refractivity contribution in [1.82, 2.24) is 9.62 Å². The first-order valence-electron chi connectivity index (χ1n) is 4.70. The summed E-state index contributed by atoms with van der Waals surface area (Å²) in [6.07, 6.45) is 2.37. The SMILES string of the molecule is CCN(CC1CCNC1)S(C)(=O)=O. The summed E-state index contributed by atoms with van der Waals surface area (Å²) < 4.78 is 24.1. The van der Waals surface area contributed by atoms with Crippen LogP contribution in [0.1, 0.15) is 13.3 Å². The highest BCUT2D eigenvalue weighted by molar-refractivity contribution is 7.88. The van der Waals surface area contributed by atoms with Gasteiger partial charge in [0.2, 0.25) is 10.0 Å². The summed E-state index contributed by atoms with van der Waals surface area (Å²) in [5.41, 5.74) is 0. The molecule has 13 heavy (non-hydrogen) atoms. The van der Waals surface area contributed by atoms with Crippen LogP contribution in [0.15, 0.2) is 0 Å². The van der Waals surface area contributed by atoms with Gasteiger partial charge in [0.05, 0.1) is 6.26 Å². The van der Waals surface area contributed by atoms with Crippen molar-refractivity contribution in [2.75, 3.05) is 32.4 Å². The summed E-state index contributed by atoms with van der Waals surface area (Å²) in [5, 5.41) is 3.23. The van der Waals surface area contributed by atoms with Gasteiger partial charge in [-0.15, -0.1) is 0 Å². The molecule has 0 bridgehead atoms. The smallest absolute Gasteiger partial charge is 0.211 e. The molecule has 78 valence electrons. The fourth-order valence-corrected chi connectivity index (χ4v) is 2.61. The lowest BCUT2D eigenvalue weighted by atomic mass is 10.1. The number of rotatable bonds is 4. The van der Waals surface area contributed by atoms with Crippen molar-refractivity contribution in [1.29, 1.82) is 0 Å². The summed E-state index contributed by atoms with van der Waals surface area (Å²) in [6.45, 7) is 5.10. The van der Waals surface area contributed by atoms with Gasteiger partial charge in [-0.05, 0) is 25.4 Å². The van der Waals surface area contributed by atoms with Crippen LogP contribution in [0, 0.1) is 5.92 Å². The fourth-order valence-electron chi connectivity index (χ4n) is 1.66. The van der Waals surface area contributed by atoms with Crippen LogP contribution in [0.5, 0.6) is 0 Å². The molecular weight excluding hydrogens is 188 g/mol. The van der Waals surface area contributed by atoms with Crippen LogP contribution in [0.4, 0.5) is 0 Å². The zero-order valence-electron chi connectivity index (χ0n) is 8.28. The third-order valence-electron chi connectivity index (χ3n) is 2.45. The van der Waals surface area contributed by atoms with Crippen molar-refractivity contribution < 1.29 is 8.42 Å². The van der Waals surface area contributed by atoms with E-state index >= 15 is 0 Å². The molecule has 1 atom stereocenters. The largest absolute Gasteiger partial charge is 0.316 e. The summed E-state index contributed by atoms with van der Waals surface area (Å²) in [6, 6.07) is 0. The molecule has 1 aliphatic heterocycles. The topological polar surface area (TPSA) is 49.4 Å². The maximum Gasteiger partial charge on any atom is 0.211 e. The molecule has 1 N–H and O–H groups in total. The van der Waals surface area contributed by atoms with Crippen molar-refractivity contribution in [3.05, 3.63) is 0 Å². The van der Waals surface area contributed by atoms with Gasteiger partial charge in [0, 0.05) is 13.1 Å². The molecular formula is C8H18N2O2S. The van der Waals surface area contributed by atoms with Gasteiger partial charge in [-0.25, -0.2) is 12.7 Å². The van der Waals surface area contributed by atoms with E-state index < -0.39 is 10.0 Å². The van der Waals surface area contributed by atoms with Gasteiger partial charge in [0.25, 0.3) is 0 Å². The molecule has 0 aromatic heterocycles. The van der Waals surface area contributed by atoms with Gasteiger partial charge in [0.15, 0.2) is 0 Å². The highest BCUT2D eigenvalue weighted by atomic mass is 32.2. The Morgan fingerprint density at radius 3 is 2.62 bits per heavy atom. The molecule has 0 aromatic carbocycles. The molecule has 1 heterocycles. The lowest BCUT2D eigenvalue weighted by Gasteiger charge is -2.20. The van der Waals surface area contributed by atoms with Crippen molar-refractivity contribution >= 4 is 10.0 Å². The Kier molecular flexibility index (Phi) is 3.70. The summed E-state index contributed by atoms with van der Waals surface area (Å²) in [4.78, 5) is 0. The zero-order chi connectivity index (χ0) is 9.90. The number of hydrogen-bond donors (Lipinski definition) is 1. The molecule has 0 radical (unpaired) electrons. The van der Waals surface area contributed by atoms with E-state index in [1.54, 1.807) is 4.31 Å². The molecule has 0 saturated carbocycles. The van der Waals surface area contributed by atoms with E-state index in [1.807, 2.05) is 6.92 Å². The molecule has 0 amide bonds. The van der Waals surface area contributed by atoms with Crippen LogP contribution < -0.4 is 5.32 Å². The lowest BCUT2D eigenvalue weighted by Crippen LogP contribution is -2.35. The second kappa shape index (κ2) is 4.39. The summed E-state index contributed by atoms with van der Waals surface area (Å²) >= 11 is 0. The minimum Gasteiger partial charge on any atom is -0.316 e. The van der Waals surface area contributed by atoms with Crippen LogP contribution in [-0.4, -0.2) is 45.2 Å². The van der Waals surface area contributed by atoms with E-state index in [0.717, 1.165) is 19.5 Å².